The number of benzene rings is 2. The fourth-order valence-corrected chi connectivity index (χ4v) is 3.98. The molecule has 1 aliphatic rings. The van der Waals surface area contributed by atoms with Gasteiger partial charge in [-0.1, -0.05) is 0 Å². The maximum absolute atomic E-state index is 13.5. The van der Waals surface area contributed by atoms with Gasteiger partial charge in [0.1, 0.15) is 17.3 Å². The molecule has 1 atom stereocenters. The van der Waals surface area contributed by atoms with Crippen molar-refractivity contribution < 1.29 is 35.8 Å². The Morgan fingerprint density at radius 1 is 1.19 bits per heavy atom. The second-order valence-corrected chi connectivity index (χ2v) is 7.76. The molecule has 26 heavy (non-hydrogen) atoms. The number of ether oxygens (including phenoxy) is 1. The Balaban J connectivity index is 2.11. The molecule has 2 aromatic rings. The summed E-state index contributed by atoms with van der Waals surface area (Å²) in [5.41, 5.74) is -5.34. The molecular weight excluding hydrogens is 376 g/mol. The van der Waals surface area contributed by atoms with Crippen LogP contribution in [-0.2, 0) is 16.3 Å². The van der Waals surface area contributed by atoms with Crippen LogP contribution < -0.4 is 4.74 Å². The van der Waals surface area contributed by atoms with Crippen molar-refractivity contribution in [3.8, 4) is 11.5 Å². The lowest BCUT2D eigenvalue weighted by atomic mass is 10.1. The highest BCUT2D eigenvalue weighted by molar-refractivity contribution is 7.92. The van der Waals surface area contributed by atoms with E-state index in [1.807, 2.05) is 0 Å². The Labute approximate surface area is 147 Å². The first-order valence-corrected chi connectivity index (χ1v) is 8.94. The van der Waals surface area contributed by atoms with Crippen LogP contribution >= 0.6 is 0 Å². The van der Waals surface area contributed by atoms with E-state index in [9.17, 15) is 31.1 Å². The van der Waals surface area contributed by atoms with Gasteiger partial charge in [-0.15, -0.1) is 0 Å². The molecule has 0 fully saturated rings. The average molecular weight is 389 g/mol. The average Bonchev–Trinajstić information content (AvgIpc) is 2.88. The Morgan fingerprint density at radius 2 is 1.88 bits per heavy atom. The van der Waals surface area contributed by atoms with Gasteiger partial charge in [0.05, 0.1) is 11.0 Å². The van der Waals surface area contributed by atoms with Crippen molar-refractivity contribution in [1.82, 2.24) is 0 Å². The fourth-order valence-electron chi connectivity index (χ4n) is 2.93. The normalized spacial score (nSPS) is 17.2. The number of hydrogen-bond acceptors (Lipinski definition) is 4. The lowest BCUT2D eigenvalue weighted by Gasteiger charge is -2.17. The van der Waals surface area contributed by atoms with E-state index in [0.717, 1.165) is 18.2 Å². The molecule has 4 nitrogen and oxygen atoms in total. The summed E-state index contributed by atoms with van der Waals surface area (Å²) in [4.78, 5) is -0.991. The zero-order chi connectivity index (χ0) is 19.3. The van der Waals surface area contributed by atoms with E-state index in [-0.39, 0.29) is 35.5 Å². The van der Waals surface area contributed by atoms with Gasteiger partial charge in [0.2, 0.25) is 0 Å². The van der Waals surface area contributed by atoms with Crippen LogP contribution in [0.3, 0.4) is 0 Å². The number of halogens is 4. The molecule has 0 aliphatic heterocycles. The lowest BCUT2D eigenvalue weighted by molar-refractivity contribution is -0.0437. The van der Waals surface area contributed by atoms with Gasteiger partial charge in [-0.3, -0.25) is 0 Å². The molecule has 0 bridgehead atoms. The molecule has 2 aromatic carbocycles. The Bertz CT molecular complexity index is 947. The summed E-state index contributed by atoms with van der Waals surface area (Å²) in [6.07, 6.45) is -1.18. The molecule has 139 valence electrons. The number of aliphatic hydroxyl groups is 1. The summed E-state index contributed by atoms with van der Waals surface area (Å²) in [6.45, 7) is 3.58. The number of hydrogen-bond donors (Lipinski definition) is 1. The Hall–Kier alpha value is -2.13. The highest BCUT2D eigenvalue weighted by atomic mass is 32.2. The summed E-state index contributed by atoms with van der Waals surface area (Å²) in [7, 11) is -5.62. The van der Waals surface area contributed by atoms with Crippen molar-refractivity contribution in [1.29, 1.82) is 0 Å². The first-order chi connectivity index (χ1) is 12.0. The van der Waals surface area contributed by atoms with Crippen LogP contribution in [0.1, 0.15) is 29.2 Å². The first kappa shape index (κ1) is 18.7. The minimum absolute atomic E-state index is 0.0554. The van der Waals surface area contributed by atoms with Crippen LogP contribution in [0, 0.1) is 12.7 Å². The molecule has 0 heterocycles. The van der Waals surface area contributed by atoms with E-state index < -0.39 is 32.2 Å². The highest BCUT2D eigenvalue weighted by Crippen LogP contribution is 2.45. The number of alkyl halides is 3. The topological polar surface area (TPSA) is 63.6 Å². The Kier molecular flexibility index (Phi) is 4.48. The molecule has 1 aliphatic carbocycles. The van der Waals surface area contributed by atoms with Gasteiger partial charge in [0.25, 0.3) is 9.84 Å². The first-order valence-electron chi connectivity index (χ1n) is 7.46. The third kappa shape index (κ3) is 3.16. The fraction of sp³-hybridized carbons (Fsp3) is 0.235. The van der Waals surface area contributed by atoms with Gasteiger partial charge in [-0.2, -0.15) is 13.2 Å². The van der Waals surface area contributed by atoms with E-state index in [0.29, 0.717) is 5.56 Å². The van der Waals surface area contributed by atoms with E-state index in [1.165, 1.54) is 12.1 Å². The monoisotopic (exact) mass is 389 g/mol. The van der Waals surface area contributed by atoms with Crippen LogP contribution in [0.25, 0.3) is 0 Å². The molecule has 0 unspecified atom stereocenters. The van der Waals surface area contributed by atoms with Gasteiger partial charge in [0.15, 0.2) is 0 Å². The van der Waals surface area contributed by atoms with E-state index in [2.05, 4.69) is 6.92 Å². The third-order valence-corrected chi connectivity index (χ3v) is 5.57. The van der Waals surface area contributed by atoms with Gasteiger partial charge >= 0.3 is 5.51 Å². The van der Waals surface area contributed by atoms with Crippen molar-refractivity contribution in [2.24, 2.45) is 0 Å². The quantitative estimate of drug-likeness (QED) is 0.804. The maximum atomic E-state index is 13.5. The molecular formula is C17H13F4O4S. The molecule has 1 radical (unpaired) electrons. The van der Waals surface area contributed by atoms with Gasteiger partial charge in [-0.25, -0.2) is 12.8 Å². The third-order valence-electron chi connectivity index (χ3n) is 4.03. The molecule has 0 spiro atoms. The van der Waals surface area contributed by atoms with Crippen LogP contribution in [0.4, 0.5) is 17.6 Å². The minimum atomic E-state index is -5.62. The van der Waals surface area contributed by atoms with Crippen LogP contribution in [-0.4, -0.2) is 19.0 Å². The van der Waals surface area contributed by atoms with E-state index in [1.54, 1.807) is 0 Å². The predicted octanol–water partition coefficient (Wildman–Crippen LogP) is 4.07. The van der Waals surface area contributed by atoms with E-state index in [4.69, 9.17) is 4.74 Å². The maximum Gasteiger partial charge on any atom is 0.501 e. The summed E-state index contributed by atoms with van der Waals surface area (Å²) >= 11 is 0. The Morgan fingerprint density at radius 3 is 2.50 bits per heavy atom. The number of sulfone groups is 1. The summed E-state index contributed by atoms with van der Waals surface area (Å²) in [6, 6.07) is 5.47. The van der Waals surface area contributed by atoms with Crippen LogP contribution in [0.5, 0.6) is 11.5 Å². The van der Waals surface area contributed by atoms with Gasteiger partial charge in [-0.05, 0) is 49.6 Å². The predicted molar refractivity (Wildman–Crippen MR) is 83.9 cm³/mol. The number of fused-ring (bicyclic) bond motifs is 1. The zero-order valence-electron chi connectivity index (χ0n) is 13.2. The molecule has 0 aromatic heterocycles. The lowest BCUT2D eigenvalue weighted by Crippen LogP contribution is -2.24. The second kappa shape index (κ2) is 6.24. The van der Waals surface area contributed by atoms with Crippen molar-refractivity contribution in [2.75, 3.05) is 0 Å². The molecule has 0 saturated heterocycles. The van der Waals surface area contributed by atoms with Crippen LogP contribution in [0.2, 0.25) is 0 Å². The van der Waals surface area contributed by atoms with Gasteiger partial charge < -0.3 is 9.84 Å². The summed E-state index contributed by atoms with van der Waals surface area (Å²) in [5.74, 6) is -0.492. The molecule has 0 amide bonds. The number of aliphatic hydroxyl groups excluding tert-OH is 1. The van der Waals surface area contributed by atoms with E-state index >= 15 is 0 Å². The van der Waals surface area contributed by atoms with Crippen molar-refractivity contribution in [2.45, 2.75) is 29.3 Å². The zero-order valence-corrected chi connectivity index (χ0v) is 14.0. The minimum Gasteiger partial charge on any atom is -0.457 e. The summed E-state index contributed by atoms with van der Waals surface area (Å²) in [5, 5.41) is 10.0. The molecule has 1 N–H and O–H groups in total. The highest BCUT2D eigenvalue weighted by Gasteiger charge is 2.49. The van der Waals surface area contributed by atoms with Crippen molar-refractivity contribution >= 4 is 9.84 Å². The molecule has 0 saturated carbocycles. The van der Waals surface area contributed by atoms with Gasteiger partial charge in [0, 0.05) is 17.2 Å². The summed E-state index contributed by atoms with van der Waals surface area (Å²) < 4.78 is 81.2. The SMILES string of the molecule is [CH2]c1cc(F)cc(Oc2ccc(S(=O)(=O)C(F)(F)F)c3c2CC[C@H]3O)c1. The molecule has 3 rings (SSSR count). The smallest absolute Gasteiger partial charge is 0.457 e. The van der Waals surface area contributed by atoms with Crippen LogP contribution in [0.15, 0.2) is 35.2 Å². The molecule has 9 heteroatoms. The number of rotatable bonds is 3. The van der Waals surface area contributed by atoms with Crippen molar-refractivity contribution in [3.63, 3.8) is 0 Å². The van der Waals surface area contributed by atoms with Crippen molar-refractivity contribution in [3.05, 3.63) is 59.8 Å². The standard InChI is InChI=1S/C17H13F4O4S/c1-9-6-10(18)8-11(7-9)25-14-4-5-15(26(23,24)17(19,20)21)16-12(14)2-3-13(16)22/h4-8,13,22H,1-3H2/t13-/m1/s1. The largest absolute Gasteiger partial charge is 0.501 e. The second-order valence-electron chi connectivity index (χ2n) is 5.85.